The van der Waals surface area contributed by atoms with Crippen molar-refractivity contribution in [2.75, 3.05) is 13.1 Å². The number of nitrogens with zero attached hydrogens (tertiary/aromatic N) is 3. The molecule has 5 rings (SSSR count). The Labute approximate surface area is 202 Å². The fourth-order valence-corrected chi connectivity index (χ4v) is 5.11. The van der Waals surface area contributed by atoms with E-state index in [4.69, 9.17) is 5.73 Å². The zero-order valence-electron chi connectivity index (χ0n) is 19.2. The van der Waals surface area contributed by atoms with Crippen molar-refractivity contribution < 1.29 is 24.3 Å². The summed E-state index contributed by atoms with van der Waals surface area (Å²) in [4.78, 5) is 56.3. The predicted molar refractivity (Wildman–Crippen MR) is 124 cm³/mol. The molecule has 0 aliphatic carbocycles. The van der Waals surface area contributed by atoms with E-state index in [-0.39, 0.29) is 24.8 Å². The van der Waals surface area contributed by atoms with Gasteiger partial charge in [-0.1, -0.05) is 12.1 Å². The average molecular weight is 478 g/mol. The Kier molecular flexibility index (Phi) is 5.86. The number of carbonyl (C=O) groups excluding carboxylic acids is 4. The number of amides is 4. The number of nitrogens with two attached hydrogens (primary N) is 1. The highest BCUT2D eigenvalue weighted by atomic mass is 16.3. The summed E-state index contributed by atoms with van der Waals surface area (Å²) in [5.41, 5.74) is 7.19. The number of piperidine rings is 2. The number of hydrogen-bond acceptors (Lipinski definition) is 7. The van der Waals surface area contributed by atoms with Crippen LogP contribution >= 0.6 is 0 Å². The van der Waals surface area contributed by atoms with E-state index in [2.05, 4.69) is 15.2 Å². The number of carbonyl (C=O) groups is 4. The standard InChI is InChI=1S/C25H27N5O5/c26-22(32)16-3-1-2-15(12-16)13-29-10-8-25(35,9-11-29)20-6-4-17-18(27-20)14-30(24(17)34)19-5-7-21(31)28-23(19)33/h1-4,6,12,19,35H,5,7-11,13-14H2,(H2,26,32)(H,28,31,33). The van der Waals surface area contributed by atoms with Gasteiger partial charge >= 0.3 is 0 Å². The molecule has 4 amide bonds. The Morgan fingerprint density at radius 2 is 1.94 bits per heavy atom. The molecule has 1 atom stereocenters. The quantitative estimate of drug-likeness (QED) is 0.529. The molecular weight excluding hydrogens is 450 g/mol. The highest BCUT2D eigenvalue weighted by Gasteiger charge is 2.41. The Morgan fingerprint density at radius 1 is 1.17 bits per heavy atom. The number of hydrogen-bond donors (Lipinski definition) is 3. The van der Waals surface area contributed by atoms with Gasteiger partial charge < -0.3 is 15.7 Å². The lowest BCUT2D eigenvalue weighted by atomic mass is 9.87. The molecule has 35 heavy (non-hydrogen) atoms. The van der Waals surface area contributed by atoms with Crippen LogP contribution in [0.5, 0.6) is 0 Å². The molecule has 10 heteroatoms. The summed E-state index contributed by atoms with van der Waals surface area (Å²) in [5.74, 6) is -1.54. The van der Waals surface area contributed by atoms with Gasteiger partial charge in [0, 0.05) is 31.6 Å². The Bertz CT molecular complexity index is 1220. The minimum absolute atomic E-state index is 0.173. The number of benzene rings is 1. The van der Waals surface area contributed by atoms with Gasteiger partial charge in [0.05, 0.1) is 23.5 Å². The lowest BCUT2D eigenvalue weighted by molar-refractivity contribution is -0.136. The van der Waals surface area contributed by atoms with Gasteiger partial charge in [-0.15, -0.1) is 0 Å². The Balaban J connectivity index is 1.26. The van der Waals surface area contributed by atoms with E-state index in [1.54, 1.807) is 24.3 Å². The molecule has 1 aromatic carbocycles. The van der Waals surface area contributed by atoms with Crippen molar-refractivity contribution >= 4 is 23.6 Å². The lowest BCUT2D eigenvalue weighted by Gasteiger charge is -2.38. The van der Waals surface area contributed by atoms with E-state index in [1.807, 2.05) is 12.1 Å². The van der Waals surface area contributed by atoms with Crippen LogP contribution in [0.2, 0.25) is 0 Å². The molecule has 0 spiro atoms. The summed E-state index contributed by atoms with van der Waals surface area (Å²) in [7, 11) is 0. The monoisotopic (exact) mass is 477 g/mol. The maximum atomic E-state index is 12.9. The number of imide groups is 1. The van der Waals surface area contributed by atoms with Gasteiger partial charge in [-0.05, 0) is 49.1 Å². The summed E-state index contributed by atoms with van der Waals surface area (Å²) < 4.78 is 0. The number of aromatic nitrogens is 1. The first-order valence-electron chi connectivity index (χ1n) is 11.7. The SMILES string of the molecule is NC(=O)c1cccc(CN2CCC(O)(c3ccc4c(n3)CN(C3CCC(=O)NC3=O)C4=O)CC2)c1. The number of aliphatic hydroxyl groups is 1. The largest absolute Gasteiger partial charge is 0.383 e. The third kappa shape index (κ3) is 4.42. The molecule has 1 aromatic heterocycles. The maximum absolute atomic E-state index is 12.9. The summed E-state index contributed by atoms with van der Waals surface area (Å²) >= 11 is 0. The topological polar surface area (TPSA) is 146 Å². The molecule has 182 valence electrons. The van der Waals surface area contributed by atoms with Crippen LogP contribution in [0, 0.1) is 0 Å². The number of primary amides is 1. The maximum Gasteiger partial charge on any atom is 0.256 e. The molecule has 4 N–H and O–H groups in total. The van der Waals surface area contributed by atoms with Crippen molar-refractivity contribution in [1.82, 2.24) is 20.1 Å². The number of nitrogens with one attached hydrogen (secondary N) is 1. The van der Waals surface area contributed by atoms with Gasteiger partial charge in [-0.3, -0.25) is 34.4 Å². The van der Waals surface area contributed by atoms with E-state index in [0.29, 0.717) is 61.4 Å². The molecule has 0 saturated carbocycles. The molecule has 3 aliphatic rings. The van der Waals surface area contributed by atoms with Crippen LogP contribution < -0.4 is 11.1 Å². The third-order valence-electron chi connectivity index (χ3n) is 7.15. The van der Waals surface area contributed by atoms with Crippen LogP contribution in [0.3, 0.4) is 0 Å². The molecule has 0 radical (unpaired) electrons. The fourth-order valence-electron chi connectivity index (χ4n) is 5.11. The van der Waals surface area contributed by atoms with Crippen molar-refractivity contribution in [2.45, 2.75) is 50.4 Å². The third-order valence-corrected chi connectivity index (χ3v) is 7.15. The highest BCUT2D eigenvalue weighted by molar-refractivity contribution is 6.05. The van der Waals surface area contributed by atoms with Crippen molar-refractivity contribution in [1.29, 1.82) is 0 Å². The normalized spacial score (nSPS) is 22.1. The molecule has 4 heterocycles. The fraction of sp³-hybridized carbons (Fsp3) is 0.400. The first-order valence-corrected chi connectivity index (χ1v) is 11.7. The van der Waals surface area contributed by atoms with E-state index in [9.17, 15) is 24.3 Å². The zero-order valence-corrected chi connectivity index (χ0v) is 19.2. The minimum atomic E-state index is -1.12. The summed E-state index contributed by atoms with van der Waals surface area (Å²) in [6, 6.07) is 9.90. The van der Waals surface area contributed by atoms with Crippen LogP contribution in [0.15, 0.2) is 36.4 Å². The smallest absolute Gasteiger partial charge is 0.256 e. The Hall–Kier alpha value is -3.63. The minimum Gasteiger partial charge on any atom is -0.383 e. The summed E-state index contributed by atoms with van der Waals surface area (Å²) in [6.07, 6.45) is 1.43. The number of pyridine rings is 1. The second-order valence-corrected chi connectivity index (χ2v) is 9.46. The van der Waals surface area contributed by atoms with Crippen LogP contribution in [0.25, 0.3) is 0 Å². The molecule has 1 unspecified atom stereocenters. The van der Waals surface area contributed by atoms with Crippen LogP contribution in [-0.4, -0.2) is 62.7 Å². The molecular formula is C25H27N5O5. The molecule has 2 fully saturated rings. The highest BCUT2D eigenvalue weighted by Crippen LogP contribution is 2.35. The second kappa shape index (κ2) is 8.86. The van der Waals surface area contributed by atoms with Crippen LogP contribution in [-0.2, 0) is 28.3 Å². The van der Waals surface area contributed by atoms with Gasteiger partial charge in [-0.25, -0.2) is 0 Å². The molecule has 2 saturated heterocycles. The molecule has 3 aliphatic heterocycles. The van der Waals surface area contributed by atoms with Gasteiger partial charge in [0.1, 0.15) is 11.6 Å². The molecule has 0 bridgehead atoms. The summed E-state index contributed by atoms with van der Waals surface area (Å²) in [5, 5.41) is 13.7. The predicted octanol–water partition coefficient (Wildman–Crippen LogP) is 0.425. The van der Waals surface area contributed by atoms with E-state index >= 15 is 0 Å². The van der Waals surface area contributed by atoms with Crippen molar-refractivity contribution in [2.24, 2.45) is 5.73 Å². The second-order valence-electron chi connectivity index (χ2n) is 9.46. The van der Waals surface area contributed by atoms with Gasteiger partial charge in [0.15, 0.2) is 0 Å². The van der Waals surface area contributed by atoms with Crippen molar-refractivity contribution in [3.05, 3.63) is 64.5 Å². The number of rotatable bonds is 5. The van der Waals surface area contributed by atoms with E-state index in [0.717, 1.165) is 5.56 Å². The van der Waals surface area contributed by atoms with E-state index in [1.165, 1.54) is 4.90 Å². The molecule has 2 aromatic rings. The average Bonchev–Trinajstić information content (AvgIpc) is 3.16. The van der Waals surface area contributed by atoms with Crippen LogP contribution in [0.4, 0.5) is 0 Å². The van der Waals surface area contributed by atoms with Gasteiger partial charge in [0.25, 0.3) is 5.91 Å². The van der Waals surface area contributed by atoms with E-state index < -0.39 is 23.5 Å². The molecule has 10 nitrogen and oxygen atoms in total. The van der Waals surface area contributed by atoms with Crippen molar-refractivity contribution in [3.63, 3.8) is 0 Å². The van der Waals surface area contributed by atoms with Gasteiger partial charge in [-0.2, -0.15) is 0 Å². The first kappa shape index (κ1) is 23.1. The van der Waals surface area contributed by atoms with Crippen LogP contribution in [0.1, 0.15) is 63.4 Å². The number of fused-ring (bicyclic) bond motifs is 1. The zero-order chi connectivity index (χ0) is 24.7. The van der Waals surface area contributed by atoms with Crippen molar-refractivity contribution in [3.8, 4) is 0 Å². The summed E-state index contributed by atoms with van der Waals surface area (Å²) in [6.45, 7) is 2.09. The first-order chi connectivity index (χ1) is 16.7. The Morgan fingerprint density at radius 3 is 2.66 bits per heavy atom. The lowest BCUT2D eigenvalue weighted by Crippen LogP contribution is -2.52. The van der Waals surface area contributed by atoms with Gasteiger partial charge in [0.2, 0.25) is 17.7 Å². The number of likely N-dealkylation sites (tertiary alicyclic amines) is 1.